The third kappa shape index (κ3) is 3.52. The zero-order valence-corrected chi connectivity index (χ0v) is 10.4. The molecule has 96 valence electrons. The van der Waals surface area contributed by atoms with Crippen molar-refractivity contribution in [2.24, 2.45) is 0 Å². The highest BCUT2D eigenvalue weighted by Crippen LogP contribution is 2.21. The SMILES string of the molecule is CNc1nc(NC(C)(C)COC)c(F)cc1F. The molecule has 0 aliphatic heterocycles. The van der Waals surface area contributed by atoms with Gasteiger partial charge in [0, 0.05) is 20.2 Å². The monoisotopic (exact) mass is 245 g/mol. The predicted molar refractivity (Wildman–Crippen MR) is 63.3 cm³/mol. The van der Waals surface area contributed by atoms with Gasteiger partial charge >= 0.3 is 0 Å². The largest absolute Gasteiger partial charge is 0.382 e. The lowest BCUT2D eigenvalue weighted by Gasteiger charge is -2.26. The van der Waals surface area contributed by atoms with E-state index in [0.717, 1.165) is 6.07 Å². The molecule has 1 aromatic rings. The zero-order chi connectivity index (χ0) is 13.1. The molecule has 17 heavy (non-hydrogen) atoms. The smallest absolute Gasteiger partial charge is 0.168 e. The van der Waals surface area contributed by atoms with Crippen molar-refractivity contribution < 1.29 is 13.5 Å². The third-order valence-corrected chi connectivity index (χ3v) is 2.13. The van der Waals surface area contributed by atoms with Gasteiger partial charge in [-0.1, -0.05) is 0 Å². The lowest BCUT2D eigenvalue weighted by molar-refractivity contribution is 0.158. The maximum Gasteiger partial charge on any atom is 0.168 e. The summed E-state index contributed by atoms with van der Waals surface area (Å²) in [4.78, 5) is 3.83. The van der Waals surface area contributed by atoms with Gasteiger partial charge < -0.3 is 15.4 Å². The first kappa shape index (κ1) is 13.6. The Labute approximate surface area is 99.4 Å². The molecule has 0 aromatic carbocycles. The topological polar surface area (TPSA) is 46.2 Å². The number of hydrogen-bond acceptors (Lipinski definition) is 4. The molecule has 1 rings (SSSR count). The van der Waals surface area contributed by atoms with Crippen molar-refractivity contribution in [1.29, 1.82) is 0 Å². The highest BCUT2D eigenvalue weighted by Gasteiger charge is 2.21. The lowest BCUT2D eigenvalue weighted by Crippen LogP contribution is -2.36. The molecular weight excluding hydrogens is 228 g/mol. The first-order chi connectivity index (χ1) is 7.89. The van der Waals surface area contributed by atoms with Crippen LogP contribution in [-0.2, 0) is 4.74 Å². The molecule has 0 bridgehead atoms. The average molecular weight is 245 g/mol. The minimum absolute atomic E-state index is 0.00196. The van der Waals surface area contributed by atoms with Crippen LogP contribution >= 0.6 is 0 Å². The Morgan fingerprint density at radius 2 is 1.88 bits per heavy atom. The van der Waals surface area contributed by atoms with Gasteiger partial charge in [-0.3, -0.25) is 0 Å². The first-order valence-corrected chi connectivity index (χ1v) is 5.20. The van der Waals surface area contributed by atoms with E-state index < -0.39 is 17.2 Å². The third-order valence-electron chi connectivity index (χ3n) is 2.13. The summed E-state index contributed by atoms with van der Waals surface area (Å²) in [5, 5.41) is 5.43. The molecule has 0 unspecified atom stereocenters. The van der Waals surface area contributed by atoms with Gasteiger partial charge in [-0.15, -0.1) is 0 Å². The minimum atomic E-state index is -0.731. The molecule has 0 radical (unpaired) electrons. The standard InChI is InChI=1S/C11H17F2N3O/c1-11(2,6-17-4)16-10-8(13)5-7(12)9(14-3)15-10/h5H,6H2,1-4H3,(H2,14,15,16). The van der Waals surface area contributed by atoms with Gasteiger partial charge in [-0.2, -0.15) is 0 Å². The number of anilines is 2. The Kier molecular flexibility index (Phi) is 4.22. The molecule has 0 aliphatic rings. The summed E-state index contributed by atoms with van der Waals surface area (Å²) in [6.07, 6.45) is 0. The second-order valence-corrected chi connectivity index (χ2v) is 4.34. The molecule has 4 nitrogen and oxygen atoms in total. The van der Waals surface area contributed by atoms with Crippen LogP contribution < -0.4 is 10.6 Å². The minimum Gasteiger partial charge on any atom is -0.382 e. The van der Waals surface area contributed by atoms with Gasteiger partial charge in [0.05, 0.1) is 12.1 Å². The summed E-state index contributed by atoms with van der Waals surface area (Å²) in [6, 6.07) is 0.796. The van der Waals surface area contributed by atoms with E-state index in [2.05, 4.69) is 15.6 Å². The van der Waals surface area contributed by atoms with Crippen molar-refractivity contribution in [3.05, 3.63) is 17.7 Å². The van der Waals surface area contributed by atoms with Crippen LogP contribution in [0.5, 0.6) is 0 Å². The van der Waals surface area contributed by atoms with Gasteiger partial charge in [-0.05, 0) is 13.8 Å². The van der Waals surface area contributed by atoms with Crippen LogP contribution in [0.25, 0.3) is 0 Å². The van der Waals surface area contributed by atoms with E-state index in [0.29, 0.717) is 6.61 Å². The molecule has 6 heteroatoms. The van der Waals surface area contributed by atoms with Gasteiger partial charge in [0.15, 0.2) is 23.3 Å². The summed E-state index contributed by atoms with van der Waals surface area (Å²) in [5.41, 5.74) is -0.495. The van der Waals surface area contributed by atoms with Crippen LogP contribution in [0.2, 0.25) is 0 Å². The number of ether oxygens (including phenoxy) is 1. The maximum absolute atomic E-state index is 13.5. The van der Waals surface area contributed by atoms with Crippen LogP contribution in [0.4, 0.5) is 20.4 Å². The van der Waals surface area contributed by atoms with Crippen molar-refractivity contribution in [2.45, 2.75) is 19.4 Å². The van der Waals surface area contributed by atoms with Crippen LogP contribution in [0.1, 0.15) is 13.8 Å². The second kappa shape index (κ2) is 5.27. The molecule has 0 fully saturated rings. The van der Waals surface area contributed by atoms with Crippen LogP contribution in [-0.4, -0.2) is 31.3 Å². The maximum atomic E-state index is 13.5. The molecule has 2 N–H and O–H groups in total. The van der Waals surface area contributed by atoms with Crippen molar-refractivity contribution >= 4 is 11.6 Å². The van der Waals surface area contributed by atoms with Gasteiger partial charge in [0.1, 0.15) is 0 Å². The molecule has 0 aliphatic carbocycles. The van der Waals surface area contributed by atoms with E-state index in [9.17, 15) is 8.78 Å². The molecule has 0 saturated carbocycles. The highest BCUT2D eigenvalue weighted by atomic mass is 19.1. The lowest BCUT2D eigenvalue weighted by atomic mass is 10.1. The number of nitrogens with zero attached hydrogens (tertiary/aromatic N) is 1. The van der Waals surface area contributed by atoms with Crippen molar-refractivity contribution in [3.8, 4) is 0 Å². The van der Waals surface area contributed by atoms with Crippen LogP contribution in [0.3, 0.4) is 0 Å². The summed E-state index contributed by atoms with van der Waals surface area (Å²) >= 11 is 0. The number of nitrogens with one attached hydrogen (secondary N) is 2. The number of halogens is 2. The van der Waals surface area contributed by atoms with Crippen LogP contribution in [0.15, 0.2) is 6.07 Å². The van der Waals surface area contributed by atoms with E-state index >= 15 is 0 Å². The average Bonchev–Trinajstić information content (AvgIpc) is 2.21. The molecule has 0 spiro atoms. The molecule has 0 saturated heterocycles. The van der Waals surface area contributed by atoms with Crippen LogP contribution in [0, 0.1) is 11.6 Å². The number of methoxy groups -OCH3 is 1. The van der Waals surface area contributed by atoms with Gasteiger partial charge in [0.25, 0.3) is 0 Å². The Morgan fingerprint density at radius 3 is 2.41 bits per heavy atom. The predicted octanol–water partition coefficient (Wildman–Crippen LogP) is 2.24. The highest BCUT2D eigenvalue weighted by molar-refractivity contribution is 5.48. The molecule has 0 amide bonds. The van der Waals surface area contributed by atoms with Crippen molar-refractivity contribution in [3.63, 3.8) is 0 Å². The second-order valence-electron chi connectivity index (χ2n) is 4.34. The molecule has 1 heterocycles. The summed E-state index contributed by atoms with van der Waals surface area (Å²) in [6.45, 7) is 4.04. The summed E-state index contributed by atoms with van der Waals surface area (Å²) < 4.78 is 31.7. The van der Waals surface area contributed by atoms with Crippen molar-refractivity contribution in [1.82, 2.24) is 4.98 Å². The summed E-state index contributed by atoms with van der Waals surface area (Å²) in [5.74, 6) is -1.45. The Balaban J connectivity index is 2.98. The van der Waals surface area contributed by atoms with Gasteiger partial charge in [0.2, 0.25) is 0 Å². The van der Waals surface area contributed by atoms with Crippen molar-refractivity contribution in [2.75, 3.05) is 31.4 Å². The van der Waals surface area contributed by atoms with E-state index in [4.69, 9.17) is 4.74 Å². The Bertz CT molecular complexity index is 397. The number of hydrogen-bond donors (Lipinski definition) is 2. The van der Waals surface area contributed by atoms with E-state index in [-0.39, 0.29) is 11.6 Å². The van der Waals surface area contributed by atoms with E-state index in [1.165, 1.54) is 7.05 Å². The van der Waals surface area contributed by atoms with E-state index in [1.54, 1.807) is 7.11 Å². The Morgan fingerprint density at radius 1 is 1.29 bits per heavy atom. The van der Waals surface area contributed by atoms with E-state index in [1.807, 2.05) is 13.8 Å². The number of aromatic nitrogens is 1. The first-order valence-electron chi connectivity index (χ1n) is 5.20. The summed E-state index contributed by atoms with van der Waals surface area (Å²) in [7, 11) is 3.07. The van der Waals surface area contributed by atoms with Gasteiger partial charge in [-0.25, -0.2) is 13.8 Å². The fourth-order valence-corrected chi connectivity index (χ4v) is 1.45. The fourth-order valence-electron chi connectivity index (χ4n) is 1.45. The molecular formula is C11H17F2N3O. The number of rotatable bonds is 5. The number of pyridine rings is 1. The molecule has 1 aromatic heterocycles. The quantitative estimate of drug-likeness (QED) is 0.835. The zero-order valence-electron chi connectivity index (χ0n) is 10.4. The molecule has 0 atom stereocenters. The normalized spacial score (nSPS) is 11.4. The fraction of sp³-hybridized carbons (Fsp3) is 0.545. The Hall–Kier alpha value is -1.43.